The van der Waals surface area contributed by atoms with Crippen LogP contribution in [-0.2, 0) is 0 Å². The van der Waals surface area contributed by atoms with E-state index in [1.165, 1.54) is 0 Å². The first-order chi connectivity index (χ1) is 6.16. The van der Waals surface area contributed by atoms with E-state index in [1.807, 2.05) is 0 Å². The van der Waals surface area contributed by atoms with E-state index < -0.39 is 6.10 Å². The average Bonchev–Trinajstić information content (AvgIpc) is 2.10. The Labute approximate surface area is 86.5 Å². The van der Waals surface area contributed by atoms with Crippen LogP contribution in [0.3, 0.4) is 0 Å². The number of hydrogen-bond acceptors (Lipinski definition) is 1. The van der Waals surface area contributed by atoms with Crippen LogP contribution in [0.1, 0.15) is 11.7 Å². The molecule has 0 aliphatic rings. The molecule has 0 radical (unpaired) electrons. The topological polar surface area (TPSA) is 24.6 Å². The Morgan fingerprint density at radius 3 is 2.77 bits per heavy atom. The fourth-order valence-corrected chi connectivity index (χ4v) is 1.40. The summed E-state index contributed by atoms with van der Waals surface area (Å²) in [6, 6.07) is 4.98. The van der Waals surface area contributed by atoms with Gasteiger partial charge in [-0.15, -0.1) is 0 Å². The summed E-state index contributed by atoms with van der Waals surface area (Å²) in [5.74, 6) is 0. The lowest BCUT2D eigenvalue weighted by Gasteiger charge is -2.07. The van der Waals surface area contributed by atoms with Gasteiger partial charge in [0.05, 0.1) is 10.0 Å². The van der Waals surface area contributed by atoms with Crippen molar-refractivity contribution in [2.24, 2.45) is 0 Å². The third-order valence-corrected chi connectivity index (χ3v) is 2.44. The maximum Gasteiger partial charge on any atom is 0.244 e. The van der Waals surface area contributed by atoms with Crippen molar-refractivity contribution in [3.8, 4) is 0 Å². The number of halogens is 2. The van der Waals surface area contributed by atoms with E-state index >= 15 is 0 Å². The first-order valence-electron chi connectivity index (χ1n) is 3.62. The molecule has 0 saturated heterocycles. The Hall–Kier alpha value is -0.750. The predicted molar refractivity (Wildman–Crippen MR) is 52.9 cm³/mol. The van der Waals surface area contributed by atoms with E-state index in [0.29, 0.717) is 15.6 Å². The van der Waals surface area contributed by atoms with Gasteiger partial charge in [0.2, 0.25) is 6.54 Å². The molecule has 0 bridgehead atoms. The highest BCUT2D eigenvalue weighted by molar-refractivity contribution is 6.42. The molecule has 1 rings (SSSR count). The molecule has 1 N–H and O–H groups in total. The van der Waals surface area contributed by atoms with Crippen molar-refractivity contribution in [1.82, 2.24) is 0 Å². The van der Waals surface area contributed by atoms with Crippen molar-refractivity contribution in [3.63, 3.8) is 0 Å². The van der Waals surface area contributed by atoms with Crippen molar-refractivity contribution < 1.29 is 5.11 Å². The molecule has 1 unspecified atom stereocenters. The minimum Gasteiger partial charge on any atom is -0.381 e. The molecule has 68 valence electrons. The summed E-state index contributed by atoms with van der Waals surface area (Å²) in [4.78, 5) is 3.08. The second-order valence-electron chi connectivity index (χ2n) is 2.50. The normalized spacial score (nSPS) is 12.2. The molecule has 1 atom stereocenters. The van der Waals surface area contributed by atoms with E-state index in [1.54, 1.807) is 18.2 Å². The quantitative estimate of drug-likeness (QED) is 0.755. The van der Waals surface area contributed by atoms with Crippen molar-refractivity contribution in [1.29, 1.82) is 0 Å². The van der Waals surface area contributed by atoms with Gasteiger partial charge in [-0.05, 0) is 6.07 Å². The van der Waals surface area contributed by atoms with Gasteiger partial charge < -0.3 is 9.95 Å². The number of aliphatic hydroxyl groups excluding tert-OH is 1. The van der Waals surface area contributed by atoms with Crippen molar-refractivity contribution in [2.45, 2.75) is 6.10 Å². The SMILES string of the molecule is [C-]#[N+]CC(O)c1cccc(Cl)c1Cl. The van der Waals surface area contributed by atoms with Crippen LogP contribution in [0, 0.1) is 6.57 Å². The Morgan fingerprint density at radius 2 is 2.15 bits per heavy atom. The van der Waals surface area contributed by atoms with E-state index in [2.05, 4.69) is 4.85 Å². The molecule has 1 aromatic carbocycles. The minimum atomic E-state index is -0.858. The predicted octanol–water partition coefficient (Wildman–Crippen LogP) is 2.95. The molecule has 1 aromatic rings. The third-order valence-electron chi connectivity index (χ3n) is 1.60. The number of aliphatic hydroxyl groups is 1. The second-order valence-corrected chi connectivity index (χ2v) is 3.28. The molecule has 0 aliphatic heterocycles. The summed E-state index contributed by atoms with van der Waals surface area (Å²) in [5, 5.41) is 10.2. The summed E-state index contributed by atoms with van der Waals surface area (Å²) < 4.78 is 0. The molecule has 0 aliphatic carbocycles. The van der Waals surface area contributed by atoms with Crippen LogP contribution in [0.4, 0.5) is 0 Å². The lowest BCUT2D eigenvalue weighted by molar-refractivity contribution is 0.195. The Bertz CT molecular complexity index is 346. The molecule has 13 heavy (non-hydrogen) atoms. The zero-order valence-corrected chi connectivity index (χ0v) is 8.18. The van der Waals surface area contributed by atoms with Crippen molar-refractivity contribution in [2.75, 3.05) is 6.54 Å². The fraction of sp³-hybridized carbons (Fsp3) is 0.222. The molecule has 2 nitrogen and oxygen atoms in total. The van der Waals surface area contributed by atoms with Gasteiger partial charge in [0.1, 0.15) is 0 Å². The van der Waals surface area contributed by atoms with Crippen LogP contribution in [0.15, 0.2) is 18.2 Å². The first-order valence-corrected chi connectivity index (χ1v) is 4.37. The van der Waals surface area contributed by atoms with Crippen LogP contribution in [-0.4, -0.2) is 11.7 Å². The summed E-state index contributed by atoms with van der Waals surface area (Å²) in [6.07, 6.45) is -0.858. The number of benzene rings is 1. The smallest absolute Gasteiger partial charge is 0.244 e. The van der Waals surface area contributed by atoms with Crippen LogP contribution in [0.5, 0.6) is 0 Å². The molecule has 0 aromatic heterocycles. The van der Waals surface area contributed by atoms with E-state index in [0.717, 1.165) is 0 Å². The van der Waals surface area contributed by atoms with E-state index in [9.17, 15) is 5.11 Å². The van der Waals surface area contributed by atoms with Crippen LogP contribution in [0.2, 0.25) is 10.0 Å². The Balaban J connectivity index is 3.02. The summed E-state index contributed by atoms with van der Waals surface area (Å²) in [5.41, 5.74) is 0.505. The van der Waals surface area contributed by atoms with Gasteiger partial charge in [0.25, 0.3) is 0 Å². The molecule has 0 spiro atoms. The lowest BCUT2D eigenvalue weighted by atomic mass is 10.1. The molecular formula is C9H7Cl2NO. The van der Waals surface area contributed by atoms with Crippen molar-refractivity contribution in [3.05, 3.63) is 45.2 Å². The van der Waals surface area contributed by atoms with Crippen molar-refractivity contribution >= 4 is 23.2 Å². The number of nitrogens with zero attached hydrogens (tertiary/aromatic N) is 1. The molecule has 0 saturated carbocycles. The number of rotatable bonds is 2. The van der Waals surface area contributed by atoms with Crippen LogP contribution in [0.25, 0.3) is 4.85 Å². The Morgan fingerprint density at radius 1 is 1.46 bits per heavy atom. The number of hydrogen-bond donors (Lipinski definition) is 1. The minimum absolute atomic E-state index is 0.0000617. The third kappa shape index (κ3) is 2.35. The highest BCUT2D eigenvalue weighted by atomic mass is 35.5. The summed E-state index contributed by atoms with van der Waals surface area (Å²) in [6.45, 7) is 6.60. The molecule has 0 amide bonds. The fourth-order valence-electron chi connectivity index (χ4n) is 0.963. The second kappa shape index (κ2) is 4.48. The molecular weight excluding hydrogens is 209 g/mol. The van der Waals surface area contributed by atoms with Gasteiger partial charge >= 0.3 is 0 Å². The van der Waals surface area contributed by atoms with Gasteiger partial charge in [-0.25, -0.2) is 6.57 Å². The zero-order chi connectivity index (χ0) is 9.84. The maximum absolute atomic E-state index is 9.47. The highest BCUT2D eigenvalue weighted by Crippen LogP contribution is 2.29. The van der Waals surface area contributed by atoms with E-state index in [-0.39, 0.29) is 6.54 Å². The standard InChI is InChI=1S/C9H7Cl2NO/c1-12-5-8(13)6-3-2-4-7(10)9(6)11/h2-4,8,13H,5H2. The van der Waals surface area contributed by atoms with Crippen LogP contribution < -0.4 is 0 Å². The van der Waals surface area contributed by atoms with E-state index in [4.69, 9.17) is 29.8 Å². The first kappa shape index (κ1) is 10.3. The lowest BCUT2D eigenvalue weighted by Crippen LogP contribution is -2.00. The zero-order valence-electron chi connectivity index (χ0n) is 6.67. The van der Waals surface area contributed by atoms with Crippen LogP contribution >= 0.6 is 23.2 Å². The summed E-state index contributed by atoms with van der Waals surface area (Å²) >= 11 is 11.6. The molecule has 0 heterocycles. The van der Waals surface area contributed by atoms with Gasteiger partial charge in [0, 0.05) is 5.56 Å². The van der Waals surface area contributed by atoms with Gasteiger partial charge in [-0.3, -0.25) is 0 Å². The van der Waals surface area contributed by atoms with Gasteiger partial charge in [0.15, 0.2) is 6.10 Å². The van der Waals surface area contributed by atoms with Gasteiger partial charge in [-0.1, -0.05) is 35.3 Å². The Kier molecular flexibility index (Phi) is 3.56. The molecule has 0 fully saturated rings. The average molecular weight is 216 g/mol. The van der Waals surface area contributed by atoms with Gasteiger partial charge in [-0.2, -0.15) is 0 Å². The highest BCUT2D eigenvalue weighted by Gasteiger charge is 2.15. The maximum atomic E-state index is 9.47. The largest absolute Gasteiger partial charge is 0.381 e. The summed E-state index contributed by atoms with van der Waals surface area (Å²) in [7, 11) is 0. The monoisotopic (exact) mass is 215 g/mol. The molecule has 4 heteroatoms.